The Kier molecular flexibility index (Phi) is 2.67. The molecule has 0 radical (unpaired) electrons. The number of halogens is 1. The molecule has 7 heteroatoms. The third-order valence-electron chi connectivity index (χ3n) is 3.22. The van der Waals surface area contributed by atoms with Crippen LogP contribution in [0.5, 0.6) is 0 Å². The molecule has 1 aliphatic rings. The molecule has 98 valence electrons. The van der Waals surface area contributed by atoms with Gasteiger partial charge in [-0.3, -0.25) is 19.5 Å². The molecule has 0 saturated carbocycles. The number of aromatic nitrogens is 2. The second-order valence-electron chi connectivity index (χ2n) is 4.41. The number of amides is 2. The number of para-hydroxylation sites is 1. The summed E-state index contributed by atoms with van der Waals surface area (Å²) >= 11 is 6.05. The van der Waals surface area contributed by atoms with Crippen molar-refractivity contribution >= 4 is 40.4 Å². The lowest BCUT2D eigenvalue weighted by atomic mass is 10.1. The van der Waals surface area contributed by atoms with Crippen LogP contribution >= 0.6 is 11.6 Å². The molecule has 1 aliphatic heterocycles. The molecule has 1 aromatic heterocycles. The van der Waals surface area contributed by atoms with Crippen LogP contribution in [0, 0.1) is 0 Å². The largest absolute Gasteiger partial charge is 0.369 e. The highest BCUT2D eigenvalue weighted by molar-refractivity contribution is 6.35. The van der Waals surface area contributed by atoms with E-state index in [0.29, 0.717) is 22.5 Å². The number of carbonyl (C=O) groups excluding carboxylic acids is 2. The zero-order chi connectivity index (χ0) is 13.6. The molecular formula is C12H11ClN4O2. The number of imidazole rings is 1. The van der Waals surface area contributed by atoms with Crippen molar-refractivity contribution in [1.82, 2.24) is 14.9 Å². The number of fused-ring (bicyclic) bond motifs is 1. The average Bonchev–Trinajstić information content (AvgIpc) is 2.68. The first-order valence-corrected chi connectivity index (χ1v) is 6.21. The summed E-state index contributed by atoms with van der Waals surface area (Å²) in [5, 5.41) is 2.79. The number of nitrogens with one attached hydrogen (secondary N) is 1. The van der Waals surface area contributed by atoms with Gasteiger partial charge in [0.25, 0.3) is 0 Å². The van der Waals surface area contributed by atoms with E-state index in [-0.39, 0.29) is 24.2 Å². The maximum atomic E-state index is 11.9. The fraction of sp³-hybridized carbons (Fsp3) is 0.250. The van der Waals surface area contributed by atoms with E-state index in [9.17, 15) is 9.59 Å². The highest BCUT2D eigenvalue weighted by Gasteiger charge is 2.30. The lowest BCUT2D eigenvalue weighted by molar-refractivity contribution is -0.135. The van der Waals surface area contributed by atoms with Gasteiger partial charge in [0.05, 0.1) is 10.5 Å². The molecule has 2 amide bonds. The van der Waals surface area contributed by atoms with Gasteiger partial charge in [0.15, 0.2) is 0 Å². The molecule has 3 rings (SSSR count). The highest BCUT2D eigenvalue weighted by atomic mass is 35.5. The maximum absolute atomic E-state index is 11.9. The number of rotatable bonds is 1. The van der Waals surface area contributed by atoms with E-state index in [4.69, 9.17) is 17.3 Å². The van der Waals surface area contributed by atoms with Crippen molar-refractivity contribution in [1.29, 1.82) is 0 Å². The number of nitrogen functional groups attached to an aromatic ring is 1. The minimum atomic E-state index is -0.527. The van der Waals surface area contributed by atoms with Gasteiger partial charge in [-0.1, -0.05) is 17.7 Å². The molecule has 0 aliphatic carbocycles. The van der Waals surface area contributed by atoms with Crippen LogP contribution in [0.2, 0.25) is 5.02 Å². The Hall–Kier alpha value is -2.08. The Balaban J connectivity index is 2.15. The first-order valence-electron chi connectivity index (χ1n) is 5.83. The predicted octanol–water partition coefficient (Wildman–Crippen LogP) is 1.25. The molecule has 2 heterocycles. The molecule has 19 heavy (non-hydrogen) atoms. The van der Waals surface area contributed by atoms with Crippen molar-refractivity contribution in [3.63, 3.8) is 0 Å². The van der Waals surface area contributed by atoms with Gasteiger partial charge >= 0.3 is 0 Å². The Labute approximate surface area is 113 Å². The highest BCUT2D eigenvalue weighted by Crippen LogP contribution is 2.30. The lowest BCUT2D eigenvalue weighted by Gasteiger charge is -2.23. The van der Waals surface area contributed by atoms with Gasteiger partial charge in [-0.2, -0.15) is 0 Å². The Morgan fingerprint density at radius 1 is 1.42 bits per heavy atom. The fourth-order valence-corrected chi connectivity index (χ4v) is 2.57. The van der Waals surface area contributed by atoms with Crippen molar-refractivity contribution in [2.24, 2.45) is 0 Å². The molecule has 0 bridgehead atoms. The summed E-state index contributed by atoms with van der Waals surface area (Å²) in [4.78, 5) is 27.3. The van der Waals surface area contributed by atoms with Gasteiger partial charge in [-0.15, -0.1) is 0 Å². The topological polar surface area (TPSA) is 90.0 Å². The Morgan fingerprint density at radius 3 is 2.95 bits per heavy atom. The van der Waals surface area contributed by atoms with Crippen LogP contribution in [0.4, 0.5) is 5.95 Å². The van der Waals surface area contributed by atoms with E-state index in [1.54, 1.807) is 22.8 Å². The molecule has 6 nitrogen and oxygen atoms in total. The number of benzene rings is 1. The number of hydrogen-bond acceptors (Lipinski definition) is 4. The summed E-state index contributed by atoms with van der Waals surface area (Å²) in [6.07, 6.45) is 0.697. The molecule has 1 fully saturated rings. The monoisotopic (exact) mass is 278 g/mol. The average molecular weight is 279 g/mol. The van der Waals surface area contributed by atoms with Gasteiger partial charge in [-0.05, 0) is 18.6 Å². The van der Waals surface area contributed by atoms with Crippen LogP contribution in [0.15, 0.2) is 18.2 Å². The number of nitrogens with two attached hydrogens (primary N) is 1. The zero-order valence-corrected chi connectivity index (χ0v) is 10.6. The first-order chi connectivity index (χ1) is 9.08. The second kappa shape index (κ2) is 4.24. The van der Waals surface area contributed by atoms with Gasteiger partial charge in [0.2, 0.25) is 17.8 Å². The molecule has 1 unspecified atom stereocenters. The van der Waals surface area contributed by atoms with E-state index < -0.39 is 6.04 Å². The minimum Gasteiger partial charge on any atom is -0.369 e. The van der Waals surface area contributed by atoms with Crippen molar-refractivity contribution in [2.75, 3.05) is 5.73 Å². The quantitative estimate of drug-likeness (QED) is 0.768. The summed E-state index contributed by atoms with van der Waals surface area (Å²) < 4.78 is 1.63. The van der Waals surface area contributed by atoms with E-state index >= 15 is 0 Å². The van der Waals surface area contributed by atoms with Crippen molar-refractivity contribution in [2.45, 2.75) is 18.9 Å². The maximum Gasteiger partial charge on any atom is 0.249 e. The number of carbonyl (C=O) groups is 2. The first kappa shape index (κ1) is 12.0. The molecule has 1 atom stereocenters. The molecule has 0 spiro atoms. The lowest BCUT2D eigenvalue weighted by Crippen LogP contribution is -2.41. The van der Waals surface area contributed by atoms with E-state index in [2.05, 4.69) is 10.3 Å². The predicted molar refractivity (Wildman–Crippen MR) is 70.6 cm³/mol. The summed E-state index contributed by atoms with van der Waals surface area (Å²) in [5.74, 6) is -0.401. The van der Waals surface area contributed by atoms with E-state index in [1.165, 1.54) is 0 Å². The van der Waals surface area contributed by atoms with Crippen LogP contribution in [-0.4, -0.2) is 21.4 Å². The van der Waals surface area contributed by atoms with Crippen LogP contribution in [0.1, 0.15) is 18.9 Å². The van der Waals surface area contributed by atoms with Gasteiger partial charge in [0.1, 0.15) is 11.6 Å². The standard InChI is InChI=1S/C12H11ClN4O2/c13-6-2-1-3-7-10(6)16-12(14)17(7)8-4-5-9(18)15-11(8)19/h1-3,8H,4-5H2,(H2,14,16)(H,15,18,19). The Bertz CT molecular complexity index is 694. The summed E-state index contributed by atoms with van der Waals surface area (Å²) in [6.45, 7) is 0. The van der Waals surface area contributed by atoms with E-state index in [0.717, 1.165) is 0 Å². The van der Waals surface area contributed by atoms with Crippen LogP contribution < -0.4 is 11.1 Å². The molecule has 2 aromatic rings. The third kappa shape index (κ3) is 1.84. The van der Waals surface area contributed by atoms with Crippen molar-refractivity contribution < 1.29 is 9.59 Å². The van der Waals surface area contributed by atoms with Gasteiger partial charge in [-0.25, -0.2) is 4.98 Å². The van der Waals surface area contributed by atoms with Crippen molar-refractivity contribution in [3.8, 4) is 0 Å². The smallest absolute Gasteiger partial charge is 0.249 e. The number of hydrogen-bond donors (Lipinski definition) is 2. The van der Waals surface area contributed by atoms with E-state index in [1.807, 2.05) is 0 Å². The van der Waals surface area contributed by atoms with Crippen LogP contribution in [0.25, 0.3) is 11.0 Å². The Morgan fingerprint density at radius 2 is 2.21 bits per heavy atom. The molecule has 3 N–H and O–H groups in total. The summed E-state index contributed by atoms with van der Waals surface area (Å²) in [7, 11) is 0. The number of nitrogens with zero attached hydrogens (tertiary/aromatic N) is 2. The van der Waals surface area contributed by atoms with Crippen LogP contribution in [-0.2, 0) is 9.59 Å². The SMILES string of the molecule is Nc1nc2c(Cl)cccc2n1C1CCC(=O)NC1=O. The molecule has 1 saturated heterocycles. The molecule has 1 aromatic carbocycles. The second-order valence-corrected chi connectivity index (χ2v) is 4.82. The number of anilines is 1. The van der Waals surface area contributed by atoms with Gasteiger partial charge < -0.3 is 5.73 Å². The summed E-state index contributed by atoms with van der Waals surface area (Å²) in [6, 6.07) is 4.76. The number of imide groups is 1. The molecular weight excluding hydrogens is 268 g/mol. The fourth-order valence-electron chi connectivity index (χ4n) is 2.36. The minimum absolute atomic E-state index is 0.220. The normalized spacial score (nSPS) is 19.7. The zero-order valence-electron chi connectivity index (χ0n) is 9.89. The van der Waals surface area contributed by atoms with Crippen LogP contribution in [0.3, 0.4) is 0 Å². The van der Waals surface area contributed by atoms with Crippen molar-refractivity contribution in [3.05, 3.63) is 23.2 Å². The third-order valence-corrected chi connectivity index (χ3v) is 3.52. The number of piperidine rings is 1. The summed E-state index contributed by atoms with van der Waals surface area (Å²) in [5.41, 5.74) is 7.13. The van der Waals surface area contributed by atoms with Gasteiger partial charge in [0, 0.05) is 6.42 Å².